The van der Waals surface area contributed by atoms with Crippen LogP contribution in [0.2, 0.25) is 0 Å². The van der Waals surface area contributed by atoms with Gasteiger partial charge in [-0.25, -0.2) is 8.78 Å². The number of hydrogen-bond donors (Lipinski definition) is 1. The smallest absolute Gasteiger partial charge is 0.228 e. The highest BCUT2D eigenvalue weighted by Gasteiger charge is 2.11. The van der Waals surface area contributed by atoms with E-state index < -0.39 is 11.6 Å². The molecule has 22 heavy (non-hydrogen) atoms. The van der Waals surface area contributed by atoms with Crippen molar-refractivity contribution in [2.75, 3.05) is 19.5 Å². The molecule has 6 heteroatoms. The molecule has 0 aromatic heterocycles. The Balaban J connectivity index is 2.10. The lowest BCUT2D eigenvalue weighted by Crippen LogP contribution is -2.15. The standard InChI is InChI=1S/C16H15F2NO3/c1-21-12-5-3-10(15(9-12)22-2)7-16(20)19-11-4-6-13(17)14(18)8-11/h3-6,8-9H,7H2,1-2H3,(H,19,20). The van der Waals surface area contributed by atoms with Crippen molar-refractivity contribution >= 4 is 11.6 Å². The molecule has 0 aliphatic carbocycles. The van der Waals surface area contributed by atoms with Gasteiger partial charge in [0.2, 0.25) is 5.91 Å². The van der Waals surface area contributed by atoms with E-state index in [4.69, 9.17) is 9.47 Å². The van der Waals surface area contributed by atoms with Gasteiger partial charge >= 0.3 is 0 Å². The van der Waals surface area contributed by atoms with E-state index >= 15 is 0 Å². The van der Waals surface area contributed by atoms with Crippen molar-refractivity contribution in [1.29, 1.82) is 0 Å². The van der Waals surface area contributed by atoms with Gasteiger partial charge in [-0.2, -0.15) is 0 Å². The van der Waals surface area contributed by atoms with Gasteiger partial charge in [0.15, 0.2) is 11.6 Å². The Morgan fingerprint density at radius 3 is 2.45 bits per heavy atom. The van der Waals surface area contributed by atoms with Crippen LogP contribution in [0, 0.1) is 11.6 Å². The zero-order chi connectivity index (χ0) is 16.1. The SMILES string of the molecule is COc1ccc(CC(=O)Nc2ccc(F)c(F)c2)c(OC)c1. The molecule has 2 aromatic carbocycles. The molecule has 0 saturated heterocycles. The maximum absolute atomic E-state index is 13.1. The van der Waals surface area contributed by atoms with Crippen molar-refractivity contribution in [3.8, 4) is 11.5 Å². The van der Waals surface area contributed by atoms with E-state index in [0.29, 0.717) is 17.1 Å². The number of carbonyl (C=O) groups is 1. The van der Waals surface area contributed by atoms with E-state index in [1.807, 2.05) is 0 Å². The first-order valence-corrected chi connectivity index (χ1v) is 6.49. The van der Waals surface area contributed by atoms with Crippen molar-refractivity contribution in [2.24, 2.45) is 0 Å². The summed E-state index contributed by atoms with van der Waals surface area (Å²) >= 11 is 0. The van der Waals surface area contributed by atoms with Gasteiger partial charge < -0.3 is 14.8 Å². The first-order chi connectivity index (χ1) is 10.5. The van der Waals surface area contributed by atoms with Gasteiger partial charge in [-0.15, -0.1) is 0 Å². The van der Waals surface area contributed by atoms with Gasteiger partial charge in [0.1, 0.15) is 11.5 Å². The molecule has 0 fully saturated rings. The predicted octanol–water partition coefficient (Wildman–Crippen LogP) is 3.16. The Bertz CT molecular complexity index is 689. The minimum absolute atomic E-state index is 0.0339. The van der Waals surface area contributed by atoms with Crippen LogP contribution >= 0.6 is 0 Å². The summed E-state index contributed by atoms with van der Waals surface area (Å²) in [5.74, 6) is -1.22. The van der Waals surface area contributed by atoms with Crippen molar-refractivity contribution in [3.05, 3.63) is 53.6 Å². The maximum Gasteiger partial charge on any atom is 0.228 e. The van der Waals surface area contributed by atoms with E-state index in [0.717, 1.165) is 12.1 Å². The Labute approximate surface area is 126 Å². The predicted molar refractivity (Wildman–Crippen MR) is 78.2 cm³/mol. The van der Waals surface area contributed by atoms with Gasteiger partial charge in [0, 0.05) is 23.4 Å². The summed E-state index contributed by atoms with van der Waals surface area (Å²) in [6.45, 7) is 0. The molecular weight excluding hydrogens is 292 g/mol. The summed E-state index contributed by atoms with van der Waals surface area (Å²) in [5.41, 5.74) is 0.847. The number of hydrogen-bond acceptors (Lipinski definition) is 3. The lowest BCUT2D eigenvalue weighted by Gasteiger charge is -2.11. The number of nitrogens with one attached hydrogen (secondary N) is 1. The third-order valence-electron chi connectivity index (χ3n) is 3.05. The fourth-order valence-electron chi connectivity index (χ4n) is 1.95. The van der Waals surface area contributed by atoms with Gasteiger partial charge in [-0.1, -0.05) is 6.07 Å². The van der Waals surface area contributed by atoms with E-state index in [9.17, 15) is 13.6 Å². The Morgan fingerprint density at radius 1 is 1.05 bits per heavy atom. The van der Waals surface area contributed by atoms with Crippen molar-refractivity contribution in [3.63, 3.8) is 0 Å². The topological polar surface area (TPSA) is 47.6 Å². The number of halogens is 2. The van der Waals surface area contributed by atoms with Crippen LogP contribution in [0.3, 0.4) is 0 Å². The molecule has 4 nitrogen and oxygen atoms in total. The molecule has 0 radical (unpaired) electrons. The quantitative estimate of drug-likeness (QED) is 0.923. The molecule has 0 heterocycles. The van der Waals surface area contributed by atoms with Gasteiger partial charge in [-0.05, 0) is 18.2 Å². The molecule has 0 aliphatic rings. The van der Waals surface area contributed by atoms with E-state index in [-0.39, 0.29) is 18.0 Å². The molecule has 116 valence electrons. The highest BCUT2D eigenvalue weighted by atomic mass is 19.2. The van der Waals surface area contributed by atoms with Gasteiger partial charge in [-0.3, -0.25) is 4.79 Å². The van der Waals surface area contributed by atoms with Crippen LogP contribution in [-0.4, -0.2) is 20.1 Å². The fraction of sp³-hybridized carbons (Fsp3) is 0.188. The lowest BCUT2D eigenvalue weighted by molar-refractivity contribution is -0.115. The third-order valence-corrected chi connectivity index (χ3v) is 3.05. The number of benzene rings is 2. The summed E-state index contributed by atoms with van der Waals surface area (Å²) in [4.78, 5) is 12.0. The monoisotopic (exact) mass is 307 g/mol. The molecule has 1 N–H and O–H groups in total. The summed E-state index contributed by atoms with van der Waals surface area (Å²) in [6.07, 6.45) is 0.0339. The largest absolute Gasteiger partial charge is 0.497 e. The second-order valence-electron chi connectivity index (χ2n) is 4.53. The maximum atomic E-state index is 13.1. The van der Waals surface area contributed by atoms with Crippen LogP contribution in [0.1, 0.15) is 5.56 Å². The summed E-state index contributed by atoms with van der Waals surface area (Å²) in [7, 11) is 3.02. The Morgan fingerprint density at radius 2 is 1.82 bits per heavy atom. The number of anilines is 1. The number of carbonyl (C=O) groups excluding carboxylic acids is 1. The number of rotatable bonds is 5. The van der Waals surface area contributed by atoms with E-state index in [1.54, 1.807) is 18.2 Å². The normalized spacial score (nSPS) is 10.2. The first-order valence-electron chi connectivity index (χ1n) is 6.49. The first kappa shape index (κ1) is 15.8. The zero-order valence-electron chi connectivity index (χ0n) is 12.2. The van der Waals surface area contributed by atoms with Crippen molar-refractivity contribution in [2.45, 2.75) is 6.42 Å². The molecule has 0 aliphatic heterocycles. The molecular formula is C16H15F2NO3. The number of ether oxygens (including phenoxy) is 2. The molecule has 0 saturated carbocycles. The van der Waals surface area contributed by atoms with Gasteiger partial charge in [0.05, 0.1) is 20.6 Å². The molecule has 2 rings (SSSR count). The minimum atomic E-state index is -1.01. The molecule has 2 aromatic rings. The molecule has 0 atom stereocenters. The highest BCUT2D eigenvalue weighted by Crippen LogP contribution is 2.25. The zero-order valence-corrected chi connectivity index (χ0v) is 12.2. The van der Waals surface area contributed by atoms with Crippen LogP contribution in [0.4, 0.5) is 14.5 Å². The van der Waals surface area contributed by atoms with Crippen molar-refractivity contribution < 1.29 is 23.0 Å². The second-order valence-corrected chi connectivity index (χ2v) is 4.53. The van der Waals surface area contributed by atoms with E-state index in [1.165, 1.54) is 20.3 Å². The average molecular weight is 307 g/mol. The third kappa shape index (κ3) is 3.72. The second kappa shape index (κ2) is 6.89. The summed E-state index contributed by atoms with van der Waals surface area (Å²) in [5, 5.41) is 2.51. The van der Waals surface area contributed by atoms with Gasteiger partial charge in [0.25, 0.3) is 0 Å². The molecule has 0 unspecified atom stereocenters. The average Bonchev–Trinajstić information content (AvgIpc) is 2.51. The summed E-state index contributed by atoms with van der Waals surface area (Å²) in [6, 6.07) is 8.27. The van der Waals surface area contributed by atoms with E-state index in [2.05, 4.69) is 5.32 Å². The van der Waals surface area contributed by atoms with Crippen LogP contribution in [0.5, 0.6) is 11.5 Å². The highest BCUT2D eigenvalue weighted by molar-refractivity contribution is 5.92. The number of methoxy groups -OCH3 is 2. The minimum Gasteiger partial charge on any atom is -0.497 e. The van der Waals surface area contributed by atoms with Crippen LogP contribution in [-0.2, 0) is 11.2 Å². The molecule has 0 spiro atoms. The summed E-state index contributed by atoms with van der Waals surface area (Å²) < 4.78 is 36.2. The Kier molecular flexibility index (Phi) is 4.93. The fourth-order valence-corrected chi connectivity index (χ4v) is 1.95. The van der Waals surface area contributed by atoms with Crippen LogP contribution in [0.15, 0.2) is 36.4 Å². The Hall–Kier alpha value is -2.63. The van der Waals surface area contributed by atoms with Crippen LogP contribution in [0.25, 0.3) is 0 Å². The number of amides is 1. The van der Waals surface area contributed by atoms with Crippen molar-refractivity contribution in [1.82, 2.24) is 0 Å². The lowest BCUT2D eigenvalue weighted by atomic mass is 10.1. The molecule has 0 bridgehead atoms. The van der Waals surface area contributed by atoms with Crippen LogP contribution < -0.4 is 14.8 Å². The molecule has 1 amide bonds.